The van der Waals surface area contributed by atoms with E-state index in [1.807, 2.05) is 6.07 Å². The molecule has 2 heterocycles. The number of rotatable bonds is 4. The van der Waals surface area contributed by atoms with Gasteiger partial charge < -0.3 is 4.90 Å². The van der Waals surface area contributed by atoms with E-state index in [9.17, 15) is 18.0 Å². The van der Waals surface area contributed by atoms with Crippen molar-refractivity contribution in [2.45, 2.75) is 18.6 Å². The average Bonchev–Trinajstić information content (AvgIpc) is 3.04. The van der Waals surface area contributed by atoms with Gasteiger partial charge in [0.25, 0.3) is 0 Å². The maximum atomic E-state index is 13.1. The van der Waals surface area contributed by atoms with Gasteiger partial charge in [-0.15, -0.1) is 0 Å². The minimum absolute atomic E-state index is 0.152. The van der Waals surface area contributed by atoms with Crippen LogP contribution in [0.15, 0.2) is 36.8 Å². The Balaban J connectivity index is 2.16. The Kier molecular flexibility index (Phi) is 4.64. The number of hydrogen-bond donors (Lipinski definition) is 0. The van der Waals surface area contributed by atoms with Gasteiger partial charge in [0.2, 0.25) is 5.91 Å². The quantitative estimate of drug-likeness (QED) is 0.865. The minimum Gasteiger partial charge on any atom is -0.314 e. The van der Waals surface area contributed by atoms with Crippen molar-refractivity contribution < 1.29 is 18.0 Å². The average molecular weight is 323 g/mol. The molecule has 120 valence electrons. The van der Waals surface area contributed by atoms with Crippen LogP contribution in [0.1, 0.15) is 18.2 Å². The van der Waals surface area contributed by atoms with Gasteiger partial charge in [-0.05, 0) is 18.2 Å². The molecule has 0 spiro atoms. The van der Waals surface area contributed by atoms with Crippen molar-refractivity contribution in [2.24, 2.45) is 0 Å². The summed E-state index contributed by atoms with van der Waals surface area (Å²) in [5, 5.41) is 12.2. The molecule has 0 aliphatic rings. The summed E-state index contributed by atoms with van der Waals surface area (Å²) in [6.07, 6.45) is -1.76. The van der Waals surface area contributed by atoms with Gasteiger partial charge in [-0.2, -0.15) is 23.5 Å². The van der Waals surface area contributed by atoms with E-state index in [-0.39, 0.29) is 5.69 Å². The topological polar surface area (TPSA) is 74.8 Å². The molecule has 9 heteroatoms. The van der Waals surface area contributed by atoms with Crippen LogP contribution in [0.3, 0.4) is 0 Å². The molecule has 2 aromatic heterocycles. The Labute approximate surface area is 129 Å². The van der Waals surface area contributed by atoms with Gasteiger partial charge in [-0.25, -0.2) is 4.98 Å². The fraction of sp³-hybridized carbons (Fsp3) is 0.286. The summed E-state index contributed by atoms with van der Waals surface area (Å²) >= 11 is 0. The highest BCUT2D eigenvalue weighted by atomic mass is 19.4. The Morgan fingerprint density at radius 2 is 2.22 bits per heavy atom. The van der Waals surface area contributed by atoms with Crippen LogP contribution in [0, 0.1) is 11.3 Å². The molecule has 2 aromatic rings. The highest BCUT2D eigenvalue weighted by molar-refractivity contribution is 5.92. The summed E-state index contributed by atoms with van der Waals surface area (Å²) in [7, 11) is 1.35. The monoisotopic (exact) mass is 323 g/mol. The first-order chi connectivity index (χ1) is 10.8. The molecule has 6 nitrogen and oxygen atoms in total. The molecule has 0 radical (unpaired) electrons. The number of nitriles is 1. The van der Waals surface area contributed by atoms with Crippen molar-refractivity contribution in [3.8, 4) is 6.07 Å². The van der Waals surface area contributed by atoms with Gasteiger partial charge in [0.1, 0.15) is 11.8 Å². The highest BCUT2D eigenvalue weighted by Gasteiger charge is 2.43. The third-order valence-corrected chi connectivity index (χ3v) is 3.21. The fourth-order valence-corrected chi connectivity index (χ4v) is 1.92. The summed E-state index contributed by atoms with van der Waals surface area (Å²) in [4.78, 5) is 17.0. The van der Waals surface area contributed by atoms with E-state index in [1.165, 1.54) is 37.6 Å². The number of hydrogen-bond acceptors (Lipinski definition) is 4. The number of pyridine rings is 1. The number of aromatic nitrogens is 3. The zero-order valence-electron chi connectivity index (χ0n) is 12.0. The molecule has 1 unspecified atom stereocenters. The molecule has 23 heavy (non-hydrogen) atoms. The second kappa shape index (κ2) is 6.48. The number of alkyl halides is 3. The van der Waals surface area contributed by atoms with E-state index in [4.69, 9.17) is 5.26 Å². The van der Waals surface area contributed by atoms with Gasteiger partial charge >= 0.3 is 6.18 Å². The maximum Gasteiger partial charge on any atom is 0.411 e. The van der Waals surface area contributed by atoms with E-state index < -0.39 is 24.5 Å². The largest absolute Gasteiger partial charge is 0.411 e. The van der Waals surface area contributed by atoms with Crippen molar-refractivity contribution in [1.29, 1.82) is 5.26 Å². The van der Waals surface area contributed by atoms with Gasteiger partial charge in [0.05, 0.1) is 18.3 Å². The predicted octanol–water partition coefficient (Wildman–Crippen LogP) is 2.31. The Morgan fingerprint density at radius 3 is 2.70 bits per heavy atom. The number of carbonyl (C=O) groups excluding carboxylic acids is 1. The Morgan fingerprint density at radius 1 is 1.48 bits per heavy atom. The molecule has 1 amide bonds. The molecule has 0 saturated carbocycles. The van der Waals surface area contributed by atoms with Gasteiger partial charge in [-0.1, -0.05) is 0 Å². The first-order valence-electron chi connectivity index (χ1n) is 6.51. The van der Waals surface area contributed by atoms with Gasteiger partial charge in [0, 0.05) is 19.4 Å². The zero-order valence-corrected chi connectivity index (χ0v) is 12.0. The zero-order chi connectivity index (χ0) is 17.0. The molecule has 2 rings (SSSR count). The lowest BCUT2D eigenvalue weighted by molar-refractivity contribution is -0.174. The molecule has 0 aliphatic carbocycles. The first kappa shape index (κ1) is 16.5. The number of nitrogens with zero attached hydrogens (tertiary/aromatic N) is 5. The highest BCUT2D eigenvalue weighted by Crippen LogP contribution is 2.33. The first-order valence-corrected chi connectivity index (χ1v) is 6.51. The summed E-state index contributed by atoms with van der Waals surface area (Å²) in [6.45, 7) is 0. The number of carbonyl (C=O) groups is 1. The molecule has 0 aliphatic heterocycles. The van der Waals surface area contributed by atoms with E-state index >= 15 is 0 Å². The fourth-order valence-electron chi connectivity index (χ4n) is 1.92. The summed E-state index contributed by atoms with van der Waals surface area (Å²) in [5.41, 5.74) is 0.453. The van der Waals surface area contributed by atoms with Crippen molar-refractivity contribution >= 4 is 11.6 Å². The second-order valence-corrected chi connectivity index (χ2v) is 4.71. The van der Waals surface area contributed by atoms with E-state index in [0.29, 0.717) is 10.4 Å². The van der Waals surface area contributed by atoms with Crippen LogP contribution in [0.4, 0.5) is 18.9 Å². The second-order valence-electron chi connectivity index (χ2n) is 4.71. The van der Waals surface area contributed by atoms with Crippen molar-refractivity contribution in [2.75, 3.05) is 11.9 Å². The molecular formula is C14H12F3N5O. The smallest absolute Gasteiger partial charge is 0.314 e. The van der Waals surface area contributed by atoms with Crippen LogP contribution < -0.4 is 4.90 Å². The molecular weight excluding hydrogens is 311 g/mol. The molecule has 1 atom stereocenters. The lowest BCUT2D eigenvalue weighted by Crippen LogP contribution is -2.35. The molecule has 0 saturated heterocycles. The van der Waals surface area contributed by atoms with Crippen LogP contribution in [0.2, 0.25) is 0 Å². The summed E-state index contributed by atoms with van der Waals surface area (Å²) < 4.78 is 40.1. The minimum atomic E-state index is -4.61. The van der Waals surface area contributed by atoms with Crippen molar-refractivity contribution in [1.82, 2.24) is 14.8 Å². The van der Waals surface area contributed by atoms with E-state index in [0.717, 1.165) is 11.1 Å². The van der Waals surface area contributed by atoms with E-state index in [2.05, 4.69) is 10.1 Å². The third-order valence-electron chi connectivity index (χ3n) is 3.21. The van der Waals surface area contributed by atoms with Crippen LogP contribution in [-0.4, -0.2) is 33.9 Å². The van der Waals surface area contributed by atoms with Crippen LogP contribution in [0.25, 0.3) is 0 Å². The van der Waals surface area contributed by atoms with Gasteiger partial charge in [-0.3, -0.25) is 9.48 Å². The normalized spacial score (nSPS) is 12.5. The number of halogens is 3. The molecule has 0 fully saturated rings. The summed E-state index contributed by atoms with van der Waals surface area (Å²) in [6, 6.07) is 3.96. The maximum absolute atomic E-state index is 13.1. The molecule has 0 aromatic carbocycles. The summed E-state index contributed by atoms with van der Waals surface area (Å²) in [5.74, 6) is -0.741. The van der Waals surface area contributed by atoms with E-state index in [1.54, 1.807) is 0 Å². The number of anilines is 1. The van der Waals surface area contributed by atoms with Crippen molar-refractivity contribution in [3.63, 3.8) is 0 Å². The Bertz CT molecular complexity index is 704. The van der Waals surface area contributed by atoms with Crippen molar-refractivity contribution in [3.05, 3.63) is 42.5 Å². The Hall–Kier alpha value is -2.89. The van der Waals surface area contributed by atoms with Crippen LogP contribution in [0.5, 0.6) is 0 Å². The standard InChI is InChI=1S/C14H12F3N5O/c1-21(11-4-3-10(8-18)19-9-11)13(23)7-12(14(15,16)17)22-6-2-5-20-22/h2-6,9,12H,7H2,1H3. The van der Waals surface area contributed by atoms with Crippen LogP contribution in [-0.2, 0) is 4.79 Å². The predicted molar refractivity (Wildman–Crippen MR) is 74.3 cm³/mol. The number of amides is 1. The third kappa shape index (κ3) is 3.85. The SMILES string of the molecule is CN(C(=O)CC(n1cccn1)C(F)(F)F)c1ccc(C#N)nc1. The lowest BCUT2D eigenvalue weighted by atomic mass is 10.1. The molecule has 0 bridgehead atoms. The van der Waals surface area contributed by atoms with Crippen LogP contribution >= 0.6 is 0 Å². The molecule has 0 N–H and O–H groups in total. The lowest BCUT2D eigenvalue weighted by Gasteiger charge is -2.23. The van der Waals surface area contributed by atoms with Gasteiger partial charge in [0.15, 0.2) is 6.04 Å².